The number of nitrogens with zero attached hydrogens (tertiary/aromatic N) is 5. The van der Waals surface area contributed by atoms with E-state index in [1.165, 1.54) is 0 Å². The van der Waals surface area contributed by atoms with Gasteiger partial charge in [-0.25, -0.2) is 4.79 Å². The van der Waals surface area contributed by atoms with Crippen LogP contribution in [-0.2, 0) is 11.8 Å². The molecule has 2 aromatic heterocycles. The number of likely N-dealkylation sites (N-methyl/N-ethyl adjacent to an activating group) is 1. The van der Waals surface area contributed by atoms with E-state index >= 15 is 0 Å². The minimum atomic E-state index is -0.493. The highest BCUT2D eigenvalue weighted by Gasteiger charge is 2.31. The average molecular weight is 380 g/mol. The zero-order valence-corrected chi connectivity index (χ0v) is 16.7. The monoisotopic (exact) mass is 379 g/mol. The molecule has 26 heavy (non-hydrogen) atoms. The van der Waals surface area contributed by atoms with Gasteiger partial charge in [-0.05, 0) is 39.7 Å². The summed E-state index contributed by atoms with van der Waals surface area (Å²) >= 11 is 6.18. The number of hydrogen-bond donors (Lipinski definition) is 0. The number of anilines is 1. The molecule has 3 heterocycles. The Balaban J connectivity index is 1.82. The third kappa shape index (κ3) is 3.72. The van der Waals surface area contributed by atoms with Gasteiger partial charge in [0.25, 0.3) is 0 Å². The highest BCUT2D eigenvalue weighted by atomic mass is 35.5. The van der Waals surface area contributed by atoms with Crippen molar-refractivity contribution in [3.8, 4) is 0 Å². The van der Waals surface area contributed by atoms with Crippen molar-refractivity contribution in [2.75, 3.05) is 25.0 Å². The molecule has 1 amide bonds. The molecule has 1 atom stereocenters. The number of ether oxygens (including phenoxy) is 1. The Hall–Kier alpha value is -2.02. The number of amides is 1. The molecule has 0 N–H and O–H groups in total. The number of hydrogen-bond acceptors (Lipinski definition) is 5. The fraction of sp³-hybridized carbons (Fsp3) is 0.611. The Kier molecular flexibility index (Phi) is 5.01. The lowest BCUT2D eigenvalue weighted by atomic mass is 10.0. The van der Waals surface area contributed by atoms with Crippen molar-refractivity contribution >= 4 is 34.4 Å². The van der Waals surface area contributed by atoms with Crippen molar-refractivity contribution in [1.29, 1.82) is 0 Å². The van der Waals surface area contributed by atoms with Crippen LogP contribution in [-0.4, -0.2) is 57.5 Å². The van der Waals surface area contributed by atoms with E-state index in [0.717, 1.165) is 29.6 Å². The smallest absolute Gasteiger partial charge is 0.410 e. The molecule has 0 radical (unpaired) electrons. The lowest BCUT2D eigenvalue weighted by Crippen LogP contribution is -2.50. The number of aryl methyl sites for hydroxylation is 1. The van der Waals surface area contributed by atoms with Gasteiger partial charge in [0.2, 0.25) is 0 Å². The Bertz CT molecular complexity index is 814. The number of carbonyl (C=O) groups excluding carboxylic acids is 1. The van der Waals surface area contributed by atoms with E-state index < -0.39 is 5.60 Å². The largest absolute Gasteiger partial charge is 0.444 e. The van der Waals surface area contributed by atoms with Crippen LogP contribution in [0.5, 0.6) is 0 Å². The van der Waals surface area contributed by atoms with E-state index in [0.29, 0.717) is 18.2 Å². The quantitative estimate of drug-likeness (QED) is 0.799. The van der Waals surface area contributed by atoms with Crippen molar-refractivity contribution in [2.24, 2.45) is 7.05 Å². The second kappa shape index (κ2) is 6.95. The Morgan fingerprint density at radius 1 is 1.38 bits per heavy atom. The van der Waals surface area contributed by atoms with Crippen LogP contribution < -0.4 is 4.90 Å². The van der Waals surface area contributed by atoms with E-state index in [1.54, 1.807) is 4.90 Å². The number of aromatic nitrogens is 3. The highest BCUT2D eigenvalue weighted by molar-refractivity contribution is 6.34. The molecule has 1 aliphatic rings. The van der Waals surface area contributed by atoms with E-state index in [2.05, 4.69) is 15.1 Å². The first-order valence-electron chi connectivity index (χ1n) is 8.85. The molecule has 1 saturated heterocycles. The zero-order chi connectivity index (χ0) is 19.1. The molecule has 8 heteroatoms. The molecule has 3 rings (SSSR count). The number of halogens is 1. The summed E-state index contributed by atoms with van der Waals surface area (Å²) in [5.41, 5.74) is 0.453. The molecule has 0 saturated carbocycles. The summed E-state index contributed by atoms with van der Waals surface area (Å²) in [6.45, 7) is 6.96. The molecular formula is C18H26ClN5O2. The number of rotatable bonds is 2. The number of piperidine rings is 1. The van der Waals surface area contributed by atoms with Crippen LogP contribution in [0.3, 0.4) is 0 Å². The van der Waals surface area contributed by atoms with E-state index in [9.17, 15) is 4.79 Å². The lowest BCUT2D eigenvalue weighted by molar-refractivity contribution is 0.0199. The third-order valence-electron chi connectivity index (χ3n) is 4.67. The maximum atomic E-state index is 12.4. The topological polar surface area (TPSA) is 63.5 Å². The summed E-state index contributed by atoms with van der Waals surface area (Å²) in [5.74, 6) is 0.771. The number of carbonyl (C=O) groups is 1. The molecular weight excluding hydrogens is 354 g/mol. The van der Waals surface area contributed by atoms with Crippen LogP contribution in [0.25, 0.3) is 10.9 Å². The van der Waals surface area contributed by atoms with Gasteiger partial charge in [0, 0.05) is 44.8 Å². The second-order valence-electron chi connectivity index (χ2n) is 7.84. The van der Waals surface area contributed by atoms with Gasteiger partial charge in [-0.2, -0.15) is 0 Å². The first kappa shape index (κ1) is 18.8. The fourth-order valence-electron chi connectivity index (χ4n) is 3.34. The van der Waals surface area contributed by atoms with Gasteiger partial charge in [0.15, 0.2) is 11.0 Å². The standard InChI is InChI=1S/C18H26ClN5O2/c1-18(2,3)26-17(25)24-9-6-7-12(11-24)23(5)16-14-13(8-10-22(14)4)15(19)20-21-16/h8,10,12H,6-7,9,11H2,1-5H3. The minimum absolute atomic E-state index is 0.143. The molecule has 0 bridgehead atoms. The van der Waals surface area contributed by atoms with Crippen LogP contribution in [0.2, 0.25) is 5.15 Å². The molecule has 1 unspecified atom stereocenters. The minimum Gasteiger partial charge on any atom is -0.444 e. The second-order valence-corrected chi connectivity index (χ2v) is 8.19. The molecule has 7 nitrogen and oxygen atoms in total. The lowest BCUT2D eigenvalue weighted by Gasteiger charge is -2.38. The van der Waals surface area contributed by atoms with Crippen LogP contribution in [0.15, 0.2) is 12.3 Å². The van der Waals surface area contributed by atoms with Crippen LogP contribution in [0.4, 0.5) is 10.6 Å². The predicted molar refractivity (Wildman–Crippen MR) is 103 cm³/mol. The van der Waals surface area contributed by atoms with E-state index in [4.69, 9.17) is 16.3 Å². The van der Waals surface area contributed by atoms with Gasteiger partial charge in [0.05, 0.1) is 5.52 Å². The van der Waals surface area contributed by atoms with Crippen LogP contribution in [0.1, 0.15) is 33.6 Å². The van der Waals surface area contributed by atoms with Crippen molar-refractivity contribution in [3.05, 3.63) is 17.4 Å². The molecule has 0 aliphatic carbocycles. The maximum absolute atomic E-state index is 12.4. The molecule has 0 spiro atoms. The number of fused-ring (bicyclic) bond motifs is 1. The van der Waals surface area contributed by atoms with Gasteiger partial charge in [-0.3, -0.25) is 0 Å². The van der Waals surface area contributed by atoms with Gasteiger partial charge in [-0.1, -0.05) is 11.6 Å². The highest BCUT2D eigenvalue weighted by Crippen LogP contribution is 2.30. The summed E-state index contributed by atoms with van der Waals surface area (Å²) in [7, 11) is 3.96. The van der Waals surface area contributed by atoms with Crippen molar-refractivity contribution < 1.29 is 9.53 Å². The average Bonchev–Trinajstić information content (AvgIpc) is 2.96. The van der Waals surface area contributed by atoms with Crippen LogP contribution in [0, 0.1) is 0 Å². The first-order valence-corrected chi connectivity index (χ1v) is 9.23. The first-order chi connectivity index (χ1) is 12.2. The van der Waals surface area contributed by atoms with Gasteiger partial charge in [0.1, 0.15) is 5.60 Å². The van der Waals surface area contributed by atoms with E-state index in [1.807, 2.05) is 51.7 Å². The molecule has 0 aromatic carbocycles. The van der Waals surface area contributed by atoms with Crippen molar-refractivity contribution in [3.63, 3.8) is 0 Å². The Labute approximate surface area is 158 Å². The SMILES string of the molecule is CN(c1nnc(Cl)c2ccn(C)c12)C1CCCN(C(=O)OC(C)(C)C)C1. The zero-order valence-electron chi connectivity index (χ0n) is 16.0. The normalized spacial score (nSPS) is 18.2. The molecule has 2 aromatic rings. The summed E-state index contributed by atoms with van der Waals surface area (Å²) in [4.78, 5) is 16.3. The van der Waals surface area contributed by atoms with Gasteiger partial charge < -0.3 is 19.1 Å². The summed E-state index contributed by atoms with van der Waals surface area (Å²) in [6, 6.07) is 2.09. The maximum Gasteiger partial charge on any atom is 0.410 e. The molecule has 1 fully saturated rings. The van der Waals surface area contributed by atoms with Crippen molar-refractivity contribution in [1.82, 2.24) is 19.7 Å². The molecule has 1 aliphatic heterocycles. The Morgan fingerprint density at radius 2 is 2.12 bits per heavy atom. The molecule has 142 valence electrons. The fourth-order valence-corrected chi connectivity index (χ4v) is 3.53. The summed E-state index contributed by atoms with van der Waals surface area (Å²) in [6.07, 6.45) is 3.59. The van der Waals surface area contributed by atoms with Gasteiger partial charge >= 0.3 is 6.09 Å². The summed E-state index contributed by atoms with van der Waals surface area (Å²) < 4.78 is 7.52. The number of likely N-dealkylation sites (tertiary alicyclic amines) is 1. The Morgan fingerprint density at radius 3 is 2.81 bits per heavy atom. The predicted octanol–water partition coefficient (Wildman–Crippen LogP) is 3.46. The third-order valence-corrected chi connectivity index (χ3v) is 4.95. The van der Waals surface area contributed by atoms with Crippen LogP contribution >= 0.6 is 11.6 Å². The van der Waals surface area contributed by atoms with Gasteiger partial charge in [-0.15, -0.1) is 10.2 Å². The van der Waals surface area contributed by atoms with Crippen molar-refractivity contribution in [2.45, 2.75) is 45.3 Å². The summed E-state index contributed by atoms with van der Waals surface area (Å²) in [5, 5.41) is 9.71. The van der Waals surface area contributed by atoms with E-state index in [-0.39, 0.29) is 12.1 Å².